The first kappa shape index (κ1) is 13.8. The maximum Gasteiger partial charge on any atom is 0.309 e. The second-order valence-electron chi connectivity index (χ2n) is 6.27. The Kier molecular flexibility index (Phi) is 3.65. The predicted octanol–water partition coefficient (Wildman–Crippen LogP) is 4.09. The minimum Gasteiger partial charge on any atom is -0.481 e. The summed E-state index contributed by atoms with van der Waals surface area (Å²) < 4.78 is 26.5. The van der Waals surface area contributed by atoms with Gasteiger partial charge in [0.1, 0.15) is 0 Å². The van der Waals surface area contributed by atoms with Crippen molar-refractivity contribution in [2.45, 2.75) is 64.2 Å². The molecule has 2 fully saturated rings. The van der Waals surface area contributed by atoms with Gasteiger partial charge in [-0.05, 0) is 37.5 Å². The fraction of sp³-hybridized carbons (Fsp3) is 0.929. The molecule has 0 spiro atoms. The van der Waals surface area contributed by atoms with Crippen molar-refractivity contribution in [1.82, 2.24) is 0 Å². The van der Waals surface area contributed by atoms with Crippen LogP contribution in [0.5, 0.6) is 0 Å². The summed E-state index contributed by atoms with van der Waals surface area (Å²) in [4.78, 5) is 11.6. The molecule has 0 aliphatic heterocycles. The Balaban J connectivity index is 2.11. The van der Waals surface area contributed by atoms with Gasteiger partial charge in [0.05, 0.1) is 5.41 Å². The van der Waals surface area contributed by atoms with Gasteiger partial charge in [0.25, 0.3) is 0 Å². The van der Waals surface area contributed by atoms with Crippen molar-refractivity contribution in [2.75, 3.05) is 0 Å². The van der Waals surface area contributed by atoms with Crippen LogP contribution < -0.4 is 0 Å². The van der Waals surface area contributed by atoms with Crippen LogP contribution in [-0.2, 0) is 4.79 Å². The topological polar surface area (TPSA) is 37.3 Å². The first-order chi connectivity index (χ1) is 8.36. The highest BCUT2D eigenvalue weighted by Gasteiger charge is 2.52. The molecule has 2 aliphatic carbocycles. The summed E-state index contributed by atoms with van der Waals surface area (Å²) in [6, 6.07) is 0. The van der Waals surface area contributed by atoms with Crippen molar-refractivity contribution < 1.29 is 18.7 Å². The van der Waals surface area contributed by atoms with Gasteiger partial charge >= 0.3 is 5.97 Å². The molecular formula is C14H22F2O2. The number of carbonyl (C=O) groups is 1. The van der Waals surface area contributed by atoms with E-state index in [-0.39, 0.29) is 31.6 Å². The van der Waals surface area contributed by atoms with E-state index in [1.54, 1.807) is 0 Å². The lowest BCUT2D eigenvalue weighted by atomic mass is 9.60. The second kappa shape index (κ2) is 4.78. The van der Waals surface area contributed by atoms with Gasteiger partial charge in [-0.3, -0.25) is 4.79 Å². The van der Waals surface area contributed by atoms with Crippen LogP contribution in [0.25, 0.3) is 0 Å². The van der Waals surface area contributed by atoms with E-state index in [0.29, 0.717) is 5.92 Å². The number of carboxylic acids is 1. The SMILES string of the molecule is CC1CCC(C2(C(=O)O)CCC(F)(F)CC2)CC1. The average molecular weight is 260 g/mol. The third kappa shape index (κ3) is 2.52. The molecule has 0 aromatic rings. The largest absolute Gasteiger partial charge is 0.481 e. The number of alkyl halides is 2. The molecule has 0 atom stereocenters. The molecule has 0 amide bonds. The molecule has 2 aliphatic rings. The molecule has 0 aromatic carbocycles. The first-order valence-electron chi connectivity index (χ1n) is 6.97. The highest BCUT2D eigenvalue weighted by molar-refractivity contribution is 5.75. The minimum atomic E-state index is -2.65. The smallest absolute Gasteiger partial charge is 0.309 e. The molecule has 0 radical (unpaired) electrons. The third-order valence-corrected chi connectivity index (χ3v) is 5.10. The molecule has 0 aromatic heterocycles. The predicted molar refractivity (Wildman–Crippen MR) is 64.6 cm³/mol. The standard InChI is InChI=1S/C14H22F2O2/c1-10-2-4-11(5-3-10)13(12(17)18)6-8-14(15,16)9-7-13/h10-11H,2-9H2,1H3,(H,17,18). The van der Waals surface area contributed by atoms with Crippen molar-refractivity contribution in [1.29, 1.82) is 0 Å². The molecule has 2 saturated carbocycles. The molecule has 2 nitrogen and oxygen atoms in total. The van der Waals surface area contributed by atoms with E-state index in [2.05, 4.69) is 6.92 Å². The van der Waals surface area contributed by atoms with Gasteiger partial charge < -0.3 is 5.11 Å². The van der Waals surface area contributed by atoms with Crippen LogP contribution in [0, 0.1) is 17.3 Å². The lowest BCUT2D eigenvalue weighted by molar-refractivity contribution is -0.164. The van der Waals surface area contributed by atoms with Crippen LogP contribution in [0.3, 0.4) is 0 Å². The van der Waals surface area contributed by atoms with Crippen molar-refractivity contribution in [3.05, 3.63) is 0 Å². The van der Waals surface area contributed by atoms with Crippen LogP contribution in [-0.4, -0.2) is 17.0 Å². The molecule has 18 heavy (non-hydrogen) atoms. The fourth-order valence-electron chi connectivity index (χ4n) is 3.67. The number of carboxylic acid groups (broad SMARTS) is 1. The van der Waals surface area contributed by atoms with Crippen LogP contribution >= 0.6 is 0 Å². The quantitative estimate of drug-likeness (QED) is 0.811. The fourth-order valence-corrected chi connectivity index (χ4v) is 3.67. The van der Waals surface area contributed by atoms with E-state index in [4.69, 9.17) is 0 Å². The van der Waals surface area contributed by atoms with Gasteiger partial charge in [0, 0.05) is 12.8 Å². The monoisotopic (exact) mass is 260 g/mol. The number of halogens is 2. The lowest BCUT2D eigenvalue weighted by Crippen LogP contribution is -2.45. The lowest BCUT2D eigenvalue weighted by Gasteiger charge is -2.44. The zero-order chi connectivity index (χ0) is 13.4. The summed E-state index contributed by atoms with van der Waals surface area (Å²) in [5.74, 6) is -2.75. The maximum atomic E-state index is 13.2. The summed E-state index contributed by atoms with van der Waals surface area (Å²) >= 11 is 0. The summed E-state index contributed by atoms with van der Waals surface area (Å²) in [5, 5.41) is 9.53. The van der Waals surface area contributed by atoms with Crippen molar-refractivity contribution in [3.63, 3.8) is 0 Å². The zero-order valence-corrected chi connectivity index (χ0v) is 10.9. The van der Waals surface area contributed by atoms with E-state index in [9.17, 15) is 18.7 Å². The maximum absolute atomic E-state index is 13.2. The molecule has 0 unspecified atom stereocenters. The Morgan fingerprint density at radius 2 is 1.56 bits per heavy atom. The van der Waals surface area contributed by atoms with Gasteiger partial charge in [0.2, 0.25) is 5.92 Å². The Bertz CT molecular complexity index is 310. The van der Waals surface area contributed by atoms with E-state index in [1.807, 2.05) is 0 Å². The molecule has 104 valence electrons. The van der Waals surface area contributed by atoms with Gasteiger partial charge in [-0.1, -0.05) is 19.8 Å². The van der Waals surface area contributed by atoms with Gasteiger partial charge in [-0.2, -0.15) is 0 Å². The van der Waals surface area contributed by atoms with E-state index < -0.39 is 17.3 Å². The summed E-state index contributed by atoms with van der Waals surface area (Å²) in [6.07, 6.45) is 3.63. The summed E-state index contributed by atoms with van der Waals surface area (Å²) in [5.41, 5.74) is -0.873. The molecular weight excluding hydrogens is 238 g/mol. The van der Waals surface area contributed by atoms with Crippen molar-refractivity contribution in [2.24, 2.45) is 17.3 Å². The molecule has 0 bridgehead atoms. The third-order valence-electron chi connectivity index (χ3n) is 5.10. The molecule has 2 rings (SSSR count). The number of aliphatic carboxylic acids is 1. The Morgan fingerprint density at radius 1 is 1.06 bits per heavy atom. The van der Waals surface area contributed by atoms with Crippen molar-refractivity contribution in [3.8, 4) is 0 Å². The highest BCUT2D eigenvalue weighted by Crippen LogP contribution is 2.52. The molecule has 0 saturated heterocycles. The molecule has 0 heterocycles. The van der Waals surface area contributed by atoms with Crippen LogP contribution in [0.15, 0.2) is 0 Å². The Hall–Kier alpha value is -0.670. The summed E-state index contributed by atoms with van der Waals surface area (Å²) in [7, 11) is 0. The Labute approximate surface area is 107 Å². The number of hydrogen-bond acceptors (Lipinski definition) is 1. The van der Waals surface area contributed by atoms with Gasteiger partial charge in [0.15, 0.2) is 0 Å². The second-order valence-corrected chi connectivity index (χ2v) is 6.27. The minimum absolute atomic E-state index is 0.0994. The van der Waals surface area contributed by atoms with E-state index in [1.165, 1.54) is 0 Å². The number of hydrogen-bond donors (Lipinski definition) is 1. The van der Waals surface area contributed by atoms with Gasteiger partial charge in [-0.15, -0.1) is 0 Å². The average Bonchev–Trinajstić information content (AvgIpc) is 2.30. The normalized spacial score (nSPS) is 35.1. The highest BCUT2D eigenvalue weighted by atomic mass is 19.3. The first-order valence-corrected chi connectivity index (χ1v) is 6.97. The van der Waals surface area contributed by atoms with Gasteiger partial charge in [-0.25, -0.2) is 8.78 Å². The Morgan fingerprint density at radius 3 is 2.00 bits per heavy atom. The van der Waals surface area contributed by atoms with Crippen LogP contribution in [0.4, 0.5) is 8.78 Å². The van der Waals surface area contributed by atoms with Crippen LogP contribution in [0.2, 0.25) is 0 Å². The van der Waals surface area contributed by atoms with Crippen molar-refractivity contribution >= 4 is 5.97 Å². The van der Waals surface area contributed by atoms with Crippen LogP contribution in [0.1, 0.15) is 58.3 Å². The molecule has 1 N–H and O–H groups in total. The number of rotatable bonds is 2. The van der Waals surface area contributed by atoms with E-state index in [0.717, 1.165) is 25.7 Å². The molecule has 4 heteroatoms. The summed E-state index contributed by atoms with van der Waals surface area (Å²) in [6.45, 7) is 2.18. The zero-order valence-electron chi connectivity index (χ0n) is 10.9. The van der Waals surface area contributed by atoms with E-state index >= 15 is 0 Å².